The lowest BCUT2D eigenvalue weighted by molar-refractivity contribution is 0.0607. The molecule has 2 aromatic rings. The van der Waals surface area contributed by atoms with Gasteiger partial charge in [-0.15, -0.1) is 11.3 Å². The molecule has 18 heavy (non-hydrogen) atoms. The molecule has 0 aliphatic heterocycles. The minimum absolute atomic E-state index is 0.385. The Morgan fingerprint density at radius 3 is 2.50 bits per heavy atom. The summed E-state index contributed by atoms with van der Waals surface area (Å²) < 4.78 is 5.74. The molecule has 1 aromatic carbocycles. The average molecular weight is 326 g/mol. The Morgan fingerprint density at radius 1 is 1.33 bits per heavy atom. The molecule has 94 valence electrons. The summed E-state index contributed by atoms with van der Waals surface area (Å²) in [5.74, 6) is -0.385. The second-order valence-corrected chi connectivity index (χ2v) is 5.73. The Kier molecular flexibility index (Phi) is 3.73. The molecular formula is C13H12BrNO2S. The van der Waals surface area contributed by atoms with Crippen LogP contribution in [0.25, 0.3) is 10.4 Å². The molecule has 0 bridgehead atoms. The topological polar surface area (TPSA) is 52.3 Å². The van der Waals surface area contributed by atoms with Crippen molar-refractivity contribution in [1.82, 2.24) is 0 Å². The van der Waals surface area contributed by atoms with Crippen LogP contribution in [0.4, 0.5) is 5.69 Å². The molecule has 0 unspecified atom stereocenters. The maximum atomic E-state index is 11.6. The Bertz CT molecular complexity index is 590. The molecule has 0 atom stereocenters. The zero-order chi connectivity index (χ0) is 13.3. The number of hydrogen-bond donors (Lipinski definition) is 1. The monoisotopic (exact) mass is 325 g/mol. The van der Waals surface area contributed by atoms with E-state index in [4.69, 9.17) is 10.5 Å². The second kappa shape index (κ2) is 5.12. The number of nitrogen functional groups attached to an aromatic ring is 1. The lowest BCUT2D eigenvalue weighted by atomic mass is 10.1. The number of rotatable bonds is 2. The maximum absolute atomic E-state index is 11.6. The molecule has 0 saturated carbocycles. The minimum Gasteiger partial charge on any atom is -0.465 e. The number of benzene rings is 1. The first kappa shape index (κ1) is 13.1. The maximum Gasteiger partial charge on any atom is 0.350 e. The van der Waals surface area contributed by atoms with Gasteiger partial charge in [-0.2, -0.15) is 0 Å². The highest BCUT2D eigenvalue weighted by molar-refractivity contribution is 9.10. The van der Waals surface area contributed by atoms with Crippen LogP contribution < -0.4 is 5.73 Å². The van der Waals surface area contributed by atoms with Gasteiger partial charge < -0.3 is 10.5 Å². The summed E-state index contributed by atoms with van der Waals surface area (Å²) in [4.78, 5) is 13.1. The van der Waals surface area contributed by atoms with Crippen molar-refractivity contribution in [2.24, 2.45) is 0 Å². The third-order valence-corrected chi connectivity index (χ3v) is 4.54. The predicted molar refractivity (Wildman–Crippen MR) is 77.9 cm³/mol. The van der Waals surface area contributed by atoms with Crippen molar-refractivity contribution in [1.29, 1.82) is 0 Å². The molecule has 3 nitrogen and oxygen atoms in total. The highest BCUT2D eigenvalue weighted by Gasteiger charge is 2.19. The van der Waals surface area contributed by atoms with Crippen LogP contribution in [0, 0.1) is 6.92 Å². The van der Waals surface area contributed by atoms with E-state index in [2.05, 4.69) is 15.9 Å². The Hall–Kier alpha value is -1.33. The molecule has 0 radical (unpaired) electrons. The van der Waals surface area contributed by atoms with E-state index in [9.17, 15) is 4.79 Å². The molecule has 0 aliphatic rings. The van der Waals surface area contributed by atoms with E-state index >= 15 is 0 Å². The van der Waals surface area contributed by atoms with Crippen LogP contribution in [-0.2, 0) is 4.74 Å². The Morgan fingerprint density at radius 2 is 1.94 bits per heavy atom. The fourth-order valence-electron chi connectivity index (χ4n) is 1.65. The number of methoxy groups -OCH3 is 1. The van der Waals surface area contributed by atoms with Gasteiger partial charge >= 0.3 is 5.97 Å². The van der Waals surface area contributed by atoms with E-state index in [-0.39, 0.29) is 5.97 Å². The van der Waals surface area contributed by atoms with Crippen LogP contribution in [0.1, 0.15) is 15.2 Å². The SMILES string of the molecule is COC(=O)c1sc(-c2ccc(Br)cc2)c(C)c1N. The molecule has 1 aromatic heterocycles. The molecule has 0 fully saturated rings. The fraction of sp³-hybridized carbons (Fsp3) is 0.154. The second-order valence-electron chi connectivity index (χ2n) is 3.80. The highest BCUT2D eigenvalue weighted by Crippen LogP contribution is 2.38. The van der Waals surface area contributed by atoms with E-state index in [1.165, 1.54) is 18.4 Å². The number of carbonyl (C=O) groups excluding carboxylic acids is 1. The van der Waals surface area contributed by atoms with E-state index in [1.807, 2.05) is 31.2 Å². The molecule has 5 heteroatoms. The van der Waals surface area contributed by atoms with E-state index in [0.717, 1.165) is 20.5 Å². The molecule has 0 amide bonds. The van der Waals surface area contributed by atoms with Crippen molar-refractivity contribution in [2.45, 2.75) is 6.92 Å². The normalized spacial score (nSPS) is 10.4. The standard InChI is InChI=1S/C13H12BrNO2S/c1-7-10(15)12(13(16)17-2)18-11(7)8-3-5-9(14)6-4-8/h3-6H,15H2,1-2H3. The predicted octanol–water partition coefficient (Wildman–Crippen LogP) is 3.85. The van der Waals surface area contributed by atoms with Crippen molar-refractivity contribution in [3.63, 3.8) is 0 Å². The van der Waals surface area contributed by atoms with Gasteiger partial charge in [-0.05, 0) is 30.2 Å². The van der Waals surface area contributed by atoms with Gasteiger partial charge in [0.15, 0.2) is 0 Å². The van der Waals surface area contributed by atoms with Crippen LogP contribution in [0.3, 0.4) is 0 Å². The molecule has 1 heterocycles. The molecular weight excluding hydrogens is 314 g/mol. The summed E-state index contributed by atoms with van der Waals surface area (Å²) in [6.07, 6.45) is 0. The van der Waals surface area contributed by atoms with Gasteiger partial charge in [0, 0.05) is 9.35 Å². The molecule has 2 N–H and O–H groups in total. The van der Waals surface area contributed by atoms with Gasteiger partial charge in [-0.3, -0.25) is 0 Å². The molecule has 2 rings (SSSR count). The summed E-state index contributed by atoms with van der Waals surface area (Å²) in [6.45, 7) is 1.91. The van der Waals surface area contributed by atoms with Crippen molar-refractivity contribution in [3.05, 3.63) is 39.2 Å². The number of hydrogen-bond acceptors (Lipinski definition) is 4. The van der Waals surface area contributed by atoms with E-state index in [0.29, 0.717) is 10.6 Å². The number of esters is 1. The van der Waals surface area contributed by atoms with Gasteiger partial charge in [-0.25, -0.2) is 4.79 Å². The Balaban J connectivity index is 2.52. The van der Waals surface area contributed by atoms with Crippen LogP contribution in [-0.4, -0.2) is 13.1 Å². The lowest BCUT2D eigenvalue weighted by Gasteiger charge is -2.00. The van der Waals surface area contributed by atoms with E-state index < -0.39 is 0 Å². The van der Waals surface area contributed by atoms with Crippen LogP contribution >= 0.6 is 27.3 Å². The quantitative estimate of drug-likeness (QED) is 0.853. The summed E-state index contributed by atoms with van der Waals surface area (Å²) in [5, 5.41) is 0. The Labute approximate surface area is 118 Å². The van der Waals surface area contributed by atoms with Crippen molar-refractivity contribution in [2.75, 3.05) is 12.8 Å². The number of ether oxygens (including phenoxy) is 1. The first-order chi connectivity index (χ1) is 8.54. The molecule has 0 saturated heterocycles. The smallest absolute Gasteiger partial charge is 0.350 e. The number of anilines is 1. The third-order valence-electron chi connectivity index (χ3n) is 2.67. The molecule has 0 aliphatic carbocycles. The number of carbonyl (C=O) groups is 1. The zero-order valence-electron chi connectivity index (χ0n) is 9.99. The summed E-state index contributed by atoms with van der Waals surface area (Å²) in [6, 6.07) is 7.90. The molecule has 0 spiro atoms. The van der Waals surface area contributed by atoms with E-state index in [1.54, 1.807) is 0 Å². The first-order valence-corrected chi connectivity index (χ1v) is 6.88. The summed E-state index contributed by atoms with van der Waals surface area (Å²) in [5.41, 5.74) is 8.42. The summed E-state index contributed by atoms with van der Waals surface area (Å²) in [7, 11) is 1.36. The van der Waals surface area contributed by atoms with Gasteiger partial charge in [0.25, 0.3) is 0 Å². The highest BCUT2D eigenvalue weighted by atomic mass is 79.9. The van der Waals surface area contributed by atoms with Crippen LogP contribution in [0.15, 0.2) is 28.7 Å². The average Bonchev–Trinajstić information content (AvgIpc) is 2.67. The minimum atomic E-state index is -0.385. The van der Waals surface area contributed by atoms with Gasteiger partial charge in [0.05, 0.1) is 12.8 Å². The number of halogens is 1. The number of nitrogens with two attached hydrogens (primary N) is 1. The third kappa shape index (κ3) is 2.28. The first-order valence-electron chi connectivity index (χ1n) is 5.27. The largest absolute Gasteiger partial charge is 0.465 e. The number of thiophene rings is 1. The van der Waals surface area contributed by atoms with Crippen molar-refractivity contribution >= 4 is 38.9 Å². The van der Waals surface area contributed by atoms with Gasteiger partial charge in [0.2, 0.25) is 0 Å². The summed E-state index contributed by atoms with van der Waals surface area (Å²) >= 11 is 4.76. The van der Waals surface area contributed by atoms with Gasteiger partial charge in [0.1, 0.15) is 4.88 Å². The van der Waals surface area contributed by atoms with Crippen LogP contribution in [0.5, 0.6) is 0 Å². The lowest BCUT2D eigenvalue weighted by Crippen LogP contribution is -2.01. The fourth-order valence-corrected chi connectivity index (χ4v) is 3.06. The van der Waals surface area contributed by atoms with Gasteiger partial charge in [-0.1, -0.05) is 28.1 Å². The van der Waals surface area contributed by atoms with Crippen LogP contribution in [0.2, 0.25) is 0 Å². The van der Waals surface area contributed by atoms with Crippen molar-refractivity contribution in [3.8, 4) is 10.4 Å². The zero-order valence-corrected chi connectivity index (χ0v) is 12.4. The van der Waals surface area contributed by atoms with Crippen molar-refractivity contribution < 1.29 is 9.53 Å².